The quantitative estimate of drug-likeness (QED) is 0.334. The number of benzene rings is 2. The summed E-state index contributed by atoms with van der Waals surface area (Å²) in [5.41, 5.74) is 3.33. The molecule has 2 aromatic heterocycles. The second-order valence-electron chi connectivity index (χ2n) is 10.2. The molecule has 0 unspecified atom stereocenters. The number of hydrogen-bond acceptors (Lipinski definition) is 11. The van der Waals surface area contributed by atoms with Crippen LogP contribution >= 0.6 is 11.3 Å². The predicted octanol–water partition coefficient (Wildman–Crippen LogP) is 4.28. The van der Waals surface area contributed by atoms with Crippen LogP contribution in [0.2, 0.25) is 0 Å². The van der Waals surface area contributed by atoms with Crippen LogP contribution in [0.5, 0.6) is 0 Å². The number of fused-ring (bicyclic) bond motifs is 1. The Morgan fingerprint density at radius 1 is 1.07 bits per heavy atom. The highest BCUT2D eigenvalue weighted by Crippen LogP contribution is 2.49. The molecule has 12 heteroatoms. The van der Waals surface area contributed by atoms with E-state index in [0.29, 0.717) is 30.3 Å². The first kappa shape index (κ1) is 25.8. The Hall–Kier alpha value is -4.13. The van der Waals surface area contributed by atoms with Crippen molar-refractivity contribution in [2.24, 2.45) is 4.99 Å². The Bertz CT molecular complexity index is 1590. The number of anilines is 3. The minimum absolute atomic E-state index is 0.0786. The molecule has 1 saturated heterocycles. The summed E-state index contributed by atoms with van der Waals surface area (Å²) in [4.78, 5) is 25.3. The number of aliphatic imine (C=N–C) groups is 1. The van der Waals surface area contributed by atoms with E-state index in [0.717, 1.165) is 53.5 Å². The van der Waals surface area contributed by atoms with Crippen LogP contribution in [0, 0.1) is 0 Å². The van der Waals surface area contributed by atoms with Crippen molar-refractivity contribution in [2.75, 3.05) is 48.9 Å². The average molecular weight is 572 g/mol. The van der Waals surface area contributed by atoms with E-state index in [4.69, 9.17) is 23.9 Å². The molecule has 1 aliphatic carbocycles. The molecule has 210 valence electrons. The third-order valence-electron chi connectivity index (χ3n) is 7.73. The van der Waals surface area contributed by atoms with Crippen LogP contribution in [-0.4, -0.2) is 66.4 Å². The number of nitrogens with one attached hydrogen (secondary N) is 2. The molecular formula is C29H29N7O4S. The number of amides is 1. The first-order valence-corrected chi connectivity index (χ1v) is 14.5. The third kappa shape index (κ3) is 4.77. The van der Waals surface area contributed by atoms with Gasteiger partial charge in [0.05, 0.1) is 24.6 Å². The number of para-hydroxylation sites is 1. The van der Waals surface area contributed by atoms with Gasteiger partial charge in [-0.25, -0.2) is 9.98 Å². The number of morpholine rings is 1. The summed E-state index contributed by atoms with van der Waals surface area (Å²) in [7, 11) is 1.74. The lowest BCUT2D eigenvalue weighted by Crippen LogP contribution is -2.36. The van der Waals surface area contributed by atoms with Gasteiger partial charge in [-0.05, 0) is 25.3 Å². The van der Waals surface area contributed by atoms with Gasteiger partial charge in [-0.1, -0.05) is 65.0 Å². The zero-order valence-electron chi connectivity index (χ0n) is 22.5. The van der Waals surface area contributed by atoms with Gasteiger partial charge in [0, 0.05) is 31.3 Å². The fourth-order valence-electron chi connectivity index (χ4n) is 5.31. The van der Waals surface area contributed by atoms with Crippen molar-refractivity contribution in [3.63, 3.8) is 0 Å². The molecule has 1 atom stereocenters. The highest BCUT2D eigenvalue weighted by atomic mass is 32.1. The van der Waals surface area contributed by atoms with Crippen LogP contribution in [0.4, 0.5) is 16.7 Å². The Morgan fingerprint density at radius 2 is 1.85 bits per heavy atom. The predicted molar refractivity (Wildman–Crippen MR) is 156 cm³/mol. The van der Waals surface area contributed by atoms with Crippen molar-refractivity contribution in [1.29, 1.82) is 0 Å². The molecule has 4 aromatic rings. The number of carbonyl (C=O) groups excluding carboxylic acids is 1. The van der Waals surface area contributed by atoms with Crippen LogP contribution in [0.25, 0.3) is 11.6 Å². The van der Waals surface area contributed by atoms with Gasteiger partial charge < -0.3 is 29.4 Å². The minimum Gasteiger partial charge on any atom is -0.402 e. The fraction of sp³-hybridized carbons (Fsp3) is 0.345. The second kappa shape index (κ2) is 10.7. The SMILES string of the molecule is COC1(c2nc(-c3nnc(N[C@H]4N=C(c5ccccc5)c5ccccc5NC4=O)o3)c(N3CCOCC3)s2)CCC1. The molecule has 4 heterocycles. The van der Waals surface area contributed by atoms with E-state index in [9.17, 15) is 4.79 Å². The maximum atomic E-state index is 13.3. The van der Waals surface area contributed by atoms with Crippen molar-refractivity contribution in [1.82, 2.24) is 15.2 Å². The van der Waals surface area contributed by atoms with E-state index in [1.54, 1.807) is 18.4 Å². The fourth-order valence-corrected chi connectivity index (χ4v) is 6.64. The number of thiazole rings is 1. The van der Waals surface area contributed by atoms with Gasteiger partial charge in [0.2, 0.25) is 6.17 Å². The van der Waals surface area contributed by atoms with Gasteiger partial charge >= 0.3 is 6.01 Å². The molecule has 2 aliphatic heterocycles. The molecule has 1 saturated carbocycles. The smallest absolute Gasteiger partial charge is 0.317 e. The van der Waals surface area contributed by atoms with E-state index < -0.39 is 6.17 Å². The lowest BCUT2D eigenvalue weighted by Gasteiger charge is -2.38. The Morgan fingerprint density at radius 3 is 2.61 bits per heavy atom. The zero-order chi connectivity index (χ0) is 27.8. The van der Waals surface area contributed by atoms with E-state index in [1.807, 2.05) is 54.6 Å². The molecule has 11 nitrogen and oxygen atoms in total. The number of methoxy groups -OCH3 is 1. The molecule has 0 bridgehead atoms. The van der Waals surface area contributed by atoms with E-state index in [2.05, 4.69) is 25.7 Å². The summed E-state index contributed by atoms with van der Waals surface area (Å²) in [5.74, 6) is -0.0632. The minimum atomic E-state index is -0.998. The number of hydrogen-bond donors (Lipinski definition) is 2. The molecule has 2 fully saturated rings. The van der Waals surface area contributed by atoms with Gasteiger partial charge in [0.25, 0.3) is 11.8 Å². The van der Waals surface area contributed by atoms with Crippen LogP contribution in [0.15, 0.2) is 64.0 Å². The maximum Gasteiger partial charge on any atom is 0.317 e. The monoisotopic (exact) mass is 571 g/mol. The Labute approximate surface area is 240 Å². The molecule has 0 radical (unpaired) electrons. The third-order valence-corrected chi connectivity index (χ3v) is 9.03. The van der Waals surface area contributed by atoms with E-state index >= 15 is 0 Å². The molecule has 2 aromatic carbocycles. The lowest BCUT2D eigenvalue weighted by molar-refractivity contribution is -0.116. The molecule has 0 spiro atoms. The molecular weight excluding hydrogens is 542 g/mol. The molecule has 1 amide bonds. The Balaban J connectivity index is 1.22. The first-order valence-electron chi connectivity index (χ1n) is 13.7. The number of benzodiazepines with no additional fused rings is 1. The van der Waals surface area contributed by atoms with E-state index in [-0.39, 0.29) is 23.4 Å². The summed E-state index contributed by atoms with van der Waals surface area (Å²) in [6.45, 7) is 2.76. The lowest BCUT2D eigenvalue weighted by atomic mass is 9.80. The molecule has 41 heavy (non-hydrogen) atoms. The van der Waals surface area contributed by atoms with Gasteiger partial charge in [0.15, 0.2) is 5.69 Å². The molecule has 3 aliphatic rings. The maximum absolute atomic E-state index is 13.3. The Kier molecular flexibility index (Phi) is 6.73. The van der Waals surface area contributed by atoms with Crippen molar-refractivity contribution >= 4 is 39.7 Å². The standard InChI is InChI=1S/C29H29N7O4S/c1-38-29(12-7-13-29)27-32-22(26(41-27)36-14-16-39-17-15-36)25-34-35-28(40-25)33-23-24(37)30-20-11-6-5-10-19(20)21(31-23)18-8-3-2-4-9-18/h2-6,8-11,23H,7,12-17H2,1H3,(H,30,37)(H,33,35)/t23-/m1/s1. The summed E-state index contributed by atoms with van der Waals surface area (Å²) < 4.78 is 17.6. The number of carbonyl (C=O) groups is 1. The highest BCUT2D eigenvalue weighted by molar-refractivity contribution is 7.16. The van der Waals surface area contributed by atoms with Crippen molar-refractivity contribution in [2.45, 2.75) is 31.0 Å². The number of nitrogens with zero attached hydrogens (tertiary/aromatic N) is 5. The van der Waals surface area contributed by atoms with Gasteiger partial charge in [-0.15, -0.1) is 5.10 Å². The van der Waals surface area contributed by atoms with Crippen LogP contribution in [0.3, 0.4) is 0 Å². The molecule has 7 rings (SSSR count). The van der Waals surface area contributed by atoms with E-state index in [1.165, 1.54) is 0 Å². The topological polar surface area (TPSA) is 127 Å². The van der Waals surface area contributed by atoms with Crippen LogP contribution in [0.1, 0.15) is 35.4 Å². The van der Waals surface area contributed by atoms with Crippen molar-refractivity contribution in [3.8, 4) is 11.6 Å². The average Bonchev–Trinajstić information content (AvgIpc) is 3.61. The summed E-state index contributed by atoms with van der Waals surface area (Å²) >= 11 is 1.61. The zero-order valence-corrected chi connectivity index (χ0v) is 23.3. The number of ether oxygens (including phenoxy) is 2. The first-order chi connectivity index (χ1) is 20.1. The van der Waals surface area contributed by atoms with Gasteiger partial charge in [0.1, 0.15) is 15.6 Å². The van der Waals surface area contributed by atoms with Crippen molar-refractivity contribution < 1.29 is 18.7 Å². The normalized spacial score (nSPS) is 19.9. The summed E-state index contributed by atoms with van der Waals surface area (Å²) in [5, 5.41) is 16.4. The summed E-state index contributed by atoms with van der Waals surface area (Å²) in [6.07, 6.45) is 1.96. The van der Waals surface area contributed by atoms with Crippen LogP contribution < -0.4 is 15.5 Å². The highest BCUT2D eigenvalue weighted by Gasteiger charge is 2.43. The largest absolute Gasteiger partial charge is 0.402 e. The van der Waals surface area contributed by atoms with Gasteiger partial charge in [-0.2, -0.15) is 0 Å². The number of rotatable bonds is 7. The van der Waals surface area contributed by atoms with Crippen LogP contribution in [-0.2, 0) is 19.9 Å². The second-order valence-corrected chi connectivity index (χ2v) is 11.1. The molecule has 2 N–H and O–H groups in total. The number of aromatic nitrogens is 3. The summed E-state index contributed by atoms with van der Waals surface area (Å²) in [6, 6.07) is 17.5. The van der Waals surface area contributed by atoms with Crippen molar-refractivity contribution in [3.05, 3.63) is 70.7 Å². The van der Waals surface area contributed by atoms with Gasteiger partial charge in [-0.3, -0.25) is 4.79 Å².